The molecule has 0 unspecified atom stereocenters. The predicted molar refractivity (Wildman–Crippen MR) is 51.9 cm³/mol. The van der Waals surface area contributed by atoms with Gasteiger partial charge in [0.2, 0.25) is 5.89 Å². The number of aryl methyl sites for hydroxylation is 1. The summed E-state index contributed by atoms with van der Waals surface area (Å²) in [5, 5.41) is 3.66. The number of esters is 1. The van der Waals surface area contributed by atoms with Gasteiger partial charge in [-0.15, -0.1) is 0 Å². The highest BCUT2D eigenvalue weighted by Gasteiger charge is 2.38. The van der Waals surface area contributed by atoms with E-state index in [9.17, 15) is 4.79 Å². The molecule has 78 valence electrons. The minimum absolute atomic E-state index is 0.272. The number of carbonyl (C=O) groups excluding carboxylic acids is 1. The van der Waals surface area contributed by atoms with Crippen LogP contribution in [0.15, 0.2) is 4.52 Å². The van der Waals surface area contributed by atoms with Crippen molar-refractivity contribution in [1.82, 2.24) is 10.1 Å². The maximum absolute atomic E-state index is 11.5. The molecule has 0 saturated carbocycles. The van der Waals surface area contributed by atoms with Gasteiger partial charge in [0.05, 0.1) is 6.61 Å². The van der Waals surface area contributed by atoms with E-state index in [-0.39, 0.29) is 5.82 Å². The van der Waals surface area contributed by atoms with Crippen LogP contribution in [0.2, 0.25) is 0 Å². The maximum atomic E-state index is 11.5. The van der Waals surface area contributed by atoms with E-state index in [1.165, 1.54) is 0 Å². The second-order valence-corrected chi connectivity index (χ2v) is 4.45. The number of hydrogen-bond acceptors (Lipinski definition) is 5. The summed E-state index contributed by atoms with van der Waals surface area (Å²) in [7, 11) is 0. The first-order valence-corrected chi connectivity index (χ1v) is 4.94. The first-order chi connectivity index (χ1) is 6.48. The largest absolute Gasteiger partial charge is 0.465 e. The Morgan fingerprint density at radius 2 is 2.36 bits per heavy atom. The Balaban J connectivity index is 2.89. The van der Waals surface area contributed by atoms with Gasteiger partial charge in [0.1, 0.15) is 0 Å². The van der Waals surface area contributed by atoms with Gasteiger partial charge in [0, 0.05) is 6.92 Å². The molecule has 5 nitrogen and oxygen atoms in total. The fraction of sp³-hybridized carbons (Fsp3) is 0.625. The zero-order valence-corrected chi connectivity index (χ0v) is 9.79. The quantitative estimate of drug-likeness (QED) is 0.611. The molecule has 0 aliphatic rings. The Bertz CT molecular complexity index is 335. The van der Waals surface area contributed by atoms with E-state index in [0.717, 1.165) is 0 Å². The Morgan fingerprint density at radius 3 is 2.79 bits per heavy atom. The standard InChI is InChI=1S/C8H11BrN2O3/c1-4-13-7(12)8(3,9)6-10-5(2)14-11-6/h4H2,1-3H3/t8-/m1/s1. The molecule has 0 amide bonds. The highest BCUT2D eigenvalue weighted by Crippen LogP contribution is 2.29. The molecule has 0 aliphatic heterocycles. The Hall–Kier alpha value is -0.910. The molecule has 1 rings (SSSR count). The maximum Gasteiger partial charge on any atom is 0.330 e. The minimum atomic E-state index is -1.04. The molecule has 0 fully saturated rings. The van der Waals surface area contributed by atoms with Crippen LogP contribution in [-0.2, 0) is 13.9 Å². The minimum Gasteiger partial charge on any atom is -0.465 e. The van der Waals surface area contributed by atoms with Crippen LogP contribution in [0.1, 0.15) is 25.6 Å². The summed E-state index contributed by atoms with van der Waals surface area (Å²) in [6, 6.07) is 0. The van der Waals surface area contributed by atoms with Gasteiger partial charge < -0.3 is 9.26 Å². The average molecular weight is 263 g/mol. The number of ether oxygens (including phenoxy) is 1. The van der Waals surface area contributed by atoms with Crippen LogP contribution in [0.3, 0.4) is 0 Å². The normalized spacial score (nSPS) is 14.9. The zero-order chi connectivity index (χ0) is 10.8. The summed E-state index contributed by atoms with van der Waals surface area (Å²) in [5.74, 6) is 0.254. The highest BCUT2D eigenvalue weighted by molar-refractivity contribution is 9.10. The summed E-state index contributed by atoms with van der Waals surface area (Å²) in [5.41, 5.74) is 0. The van der Waals surface area contributed by atoms with Crippen molar-refractivity contribution >= 4 is 21.9 Å². The topological polar surface area (TPSA) is 65.2 Å². The van der Waals surface area contributed by atoms with E-state index in [0.29, 0.717) is 12.5 Å². The molecule has 1 atom stereocenters. The number of alkyl halides is 1. The van der Waals surface area contributed by atoms with Crippen LogP contribution in [0.5, 0.6) is 0 Å². The summed E-state index contributed by atoms with van der Waals surface area (Å²) in [6.07, 6.45) is 0. The van der Waals surface area contributed by atoms with E-state index in [4.69, 9.17) is 9.26 Å². The van der Waals surface area contributed by atoms with E-state index in [1.807, 2.05) is 0 Å². The van der Waals surface area contributed by atoms with Gasteiger partial charge in [0.15, 0.2) is 10.1 Å². The van der Waals surface area contributed by atoms with Gasteiger partial charge in [-0.3, -0.25) is 4.79 Å². The molecule has 0 radical (unpaired) electrons. The monoisotopic (exact) mass is 262 g/mol. The summed E-state index contributed by atoms with van der Waals surface area (Å²) < 4.78 is 8.60. The summed E-state index contributed by atoms with van der Waals surface area (Å²) in [4.78, 5) is 15.4. The van der Waals surface area contributed by atoms with Crippen molar-refractivity contribution in [2.45, 2.75) is 25.1 Å². The Labute approximate surface area is 89.9 Å². The lowest BCUT2D eigenvalue weighted by Gasteiger charge is -2.15. The van der Waals surface area contributed by atoms with Crippen LogP contribution < -0.4 is 0 Å². The fourth-order valence-electron chi connectivity index (χ4n) is 0.848. The van der Waals surface area contributed by atoms with Crippen molar-refractivity contribution in [3.05, 3.63) is 11.7 Å². The number of carbonyl (C=O) groups is 1. The third-order valence-electron chi connectivity index (χ3n) is 1.61. The molecule has 14 heavy (non-hydrogen) atoms. The van der Waals surface area contributed by atoms with E-state index < -0.39 is 10.3 Å². The molecule has 0 aromatic carbocycles. The molecule has 0 N–H and O–H groups in total. The molecule has 0 bridgehead atoms. The SMILES string of the molecule is CCOC(=O)[C@](C)(Br)c1noc(C)n1. The van der Waals surface area contributed by atoms with Gasteiger partial charge in [-0.2, -0.15) is 4.98 Å². The molecular formula is C8H11BrN2O3. The van der Waals surface area contributed by atoms with Crippen molar-refractivity contribution < 1.29 is 14.1 Å². The van der Waals surface area contributed by atoms with Crippen molar-refractivity contribution in [3.63, 3.8) is 0 Å². The molecule has 6 heteroatoms. The lowest BCUT2D eigenvalue weighted by Crippen LogP contribution is -2.29. The van der Waals surface area contributed by atoms with Crippen molar-refractivity contribution in [1.29, 1.82) is 0 Å². The molecule has 1 aromatic heterocycles. The van der Waals surface area contributed by atoms with Gasteiger partial charge >= 0.3 is 5.97 Å². The third kappa shape index (κ3) is 2.12. The molecular weight excluding hydrogens is 252 g/mol. The Morgan fingerprint density at radius 1 is 1.71 bits per heavy atom. The van der Waals surface area contributed by atoms with Gasteiger partial charge in [0.25, 0.3) is 0 Å². The number of halogens is 1. The van der Waals surface area contributed by atoms with Gasteiger partial charge in [-0.1, -0.05) is 21.1 Å². The van der Waals surface area contributed by atoms with Crippen LogP contribution >= 0.6 is 15.9 Å². The summed E-state index contributed by atoms with van der Waals surface area (Å²) in [6.45, 7) is 5.33. The number of aromatic nitrogens is 2. The zero-order valence-electron chi connectivity index (χ0n) is 8.20. The van der Waals surface area contributed by atoms with Crippen molar-refractivity contribution in [2.75, 3.05) is 6.61 Å². The van der Waals surface area contributed by atoms with Crippen LogP contribution in [0.4, 0.5) is 0 Å². The molecule has 1 aromatic rings. The van der Waals surface area contributed by atoms with Crippen molar-refractivity contribution in [3.8, 4) is 0 Å². The van der Waals surface area contributed by atoms with Gasteiger partial charge in [-0.05, 0) is 13.8 Å². The smallest absolute Gasteiger partial charge is 0.330 e. The highest BCUT2D eigenvalue weighted by atomic mass is 79.9. The predicted octanol–water partition coefficient (Wildman–Crippen LogP) is 1.55. The van der Waals surface area contributed by atoms with E-state index in [1.54, 1.807) is 20.8 Å². The lowest BCUT2D eigenvalue weighted by atomic mass is 10.2. The third-order valence-corrected chi connectivity index (χ3v) is 2.28. The summed E-state index contributed by atoms with van der Waals surface area (Å²) >= 11 is 3.21. The van der Waals surface area contributed by atoms with Crippen LogP contribution in [0, 0.1) is 6.92 Å². The van der Waals surface area contributed by atoms with E-state index in [2.05, 4.69) is 26.1 Å². The Kier molecular flexibility index (Phi) is 3.25. The lowest BCUT2D eigenvalue weighted by molar-refractivity contribution is -0.145. The number of nitrogens with zero attached hydrogens (tertiary/aromatic N) is 2. The second kappa shape index (κ2) is 4.08. The molecule has 0 spiro atoms. The first kappa shape index (κ1) is 11.2. The van der Waals surface area contributed by atoms with Gasteiger partial charge in [-0.25, -0.2) is 0 Å². The molecule has 1 heterocycles. The van der Waals surface area contributed by atoms with E-state index >= 15 is 0 Å². The van der Waals surface area contributed by atoms with Crippen LogP contribution in [0.25, 0.3) is 0 Å². The number of rotatable bonds is 3. The van der Waals surface area contributed by atoms with Crippen LogP contribution in [-0.4, -0.2) is 22.7 Å². The second-order valence-electron chi connectivity index (χ2n) is 2.86. The first-order valence-electron chi connectivity index (χ1n) is 4.15. The fourth-order valence-corrected chi connectivity index (χ4v) is 1.12. The average Bonchev–Trinajstić information content (AvgIpc) is 2.52. The van der Waals surface area contributed by atoms with Crippen molar-refractivity contribution in [2.24, 2.45) is 0 Å². The number of hydrogen-bond donors (Lipinski definition) is 0. The molecule has 0 aliphatic carbocycles. The molecule has 0 saturated heterocycles.